The Labute approximate surface area is 61.7 Å². The molecule has 0 aromatic carbocycles. The molecule has 0 aliphatic carbocycles. The number of alkyl halides is 1. The van der Waals surface area contributed by atoms with Gasteiger partial charge in [0.2, 0.25) is 0 Å². The van der Waals surface area contributed by atoms with E-state index in [2.05, 4.69) is 0 Å². The molecule has 0 saturated carbocycles. The van der Waals surface area contributed by atoms with Crippen molar-refractivity contribution >= 4 is 11.6 Å². The Bertz CT molecular complexity index is 88.9. The molecule has 0 N–H and O–H groups in total. The number of allylic oxidation sites excluding steroid dienone is 1. The molecule has 0 heterocycles. The molecule has 0 radical (unpaired) electrons. The minimum Gasteiger partial charge on any atom is -0.378 e. The van der Waals surface area contributed by atoms with E-state index in [9.17, 15) is 0 Å². The topological polar surface area (TPSA) is 9.23 Å². The average Bonchev–Trinajstić information content (AvgIpc) is 1.89. The second kappa shape index (κ2) is 6.12. The van der Waals surface area contributed by atoms with E-state index in [-0.39, 0.29) is 0 Å². The van der Waals surface area contributed by atoms with Crippen LogP contribution >= 0.6 is 11.6 Å². The second-order valence-electron chi connectivity index (χ2n) is 1.84. The van der Waals surface area contributed by atoms with Crippen molar-refractivity contribution in [2.45, 2.75) is 13.8 Å². The molecule has 54 valence electrons. The first kappa shape index (κ1) is 8.99. The van der Waals surface area contributed by atoms with Crippen LogP contribution in [0.2, 0.25) is 0 Å². The largest absolute Gasteiger partial charge is 0.378 e. The number of ether oxygens (including phenoxy) is 1. The molecule has 0 atom stereocenters. The monoisotopic (exact) mass is 148 g/mol. The van der Waals surface area contributed by atoms with Crippen LogP contribution in [0.1, 0.15) is 13.8 Å². The summed E-state index contributed by atoms with van der Waals surface area (Å²) in [7, 11) is 0. The lowest BCUT2D eigenvalue weighted by Crippen LogP contribution is -1.90. The van der Waals surface area contributed by atoms with Crippen LogP contribution in [0.4, 0.5) is 0 Å². The minimum atomic E-state index is 0.604. The fourth-order valence-corrected chi connectivity index (χ4v) is 0.483. The van der Waals surface area contributed by atoms with Gasteiger partial charge in [-0.2, -0.15) is 0 Å². The summed E-state index contributed by atoms with van der Waals surface area (Å²) in [5.74, 6) is 0.604. The van der Waals surface area contributed by atoms with Gasteiger partial charge in [-0.3, -0.25) is 0 Å². The molecule has 0 fully saturated rings. The highest BCUT2D eigenvalue weighted by Crippen LogP contribution is 1.94. The van der Waals surface area contributed by atoms with E-state index in [1.807, 2.05) is 19.9 Å². The lowest BCUT2D eigenvalue weighted by atomic mass is 10.3. The fraction of sp³-hybridized carbons (Fsp3) is 0.714. The van der Waals surface area contributed by atoms with Crippen molar-refractivity contribution in [2.75, 3.05) is 19.1 Å². The molecule has 0 spiro atoms. The lowest BCUT2D eigenvalue weighted by Gasteiger charge is -1.94. The Morgan fingerprint density at radius 1 is 1.67 bits per heavy atom. The van der Waals surface area contributed by atoms with Gasteiger partial charge in [0.15, 0.2) is 0 Å². The van der Waals surface area contributed by atoms with Crippen LogP contribution in [0.15, 0.2) is 11.6 Å². The first-order valence-electron chi connectivity index (χ1n) is 3.10. The molecule has 0 aromatic heterocycles. The van der Waals surface area contributed by atoms with Gasteiger partial charge in [-0.05, 0) is 13.8 Å². The Hall–Kier alpha value is -0.0100. The van der Waals surface area contributed by atoms with Gasteiger partial charge in [-0.1, -0.05) is 11.6 Å². The summed E-state index contributed by atoms with van der Waals surface area (Å²) in [5.41, 5.74) is 1.17. The fourth-order valence-electron chi connectivity index (χ4n) is 0.374. The van der Waals surface area contributed by atoms with Crippen LogP contribution in [-0.4, -0.2) is 19.1 Å². The van der Waals surface area contributed by atoms with Crippen molar-refractivity contribution in [3.8, 4) is 0 Å². The van der Waals surface area contributed by atoms with Gasteiger partial charge in [0, 0.05) is 12.5 Å². The van der Waals surface area contributed by atoms with E-state index < -0.39 is 0 Å². The number of rotatable bonds is 4. The quantitative estimate of drug-likeness (QED) is 0.338. The van der Waals surface area contributed by atoms with E-state index in [1.165, 1.54) is 5.57 Å². The summed E-state index contributed by atoms with van der Waals surface area (Å²) in [5, 5.41) is 0. The third kappa shape index (κ3) is 5.87. The highest BCUT2D eigenvalue weighted by Gasteiger charge is 1.82. The highest BCUT2D eigenvalue weighted by atomic mass is 35.5. The van der Waals surface area contributed by atoms with E-state index >= 15 is 0 Å². The van der Waals surface area contributed by atoms with Gasteiger partial charge in [-0.15, -0.1) is 11.6 Å². The predicted molar refractivity (Wildman–Crippen MR) is 41.0 cm³/mol. The zero-order chi connectivity index (χ0) is 7.11. The summed E-state index contributed by atoms with van der Waals surface area (Å²) in [4.78, 5) is 0. The standard InChI is InChI=1S/C7H13ClO/c1-3-9-5-4-7(2)6-8/h4H,3,5-6H2,1-2H3/b7-4+. The van der Waals surface area contributed by atoms with Crippen molar-refractivity contribution < 1.29 is 4.74 Å². The molecule has 0 amide bonds. The highest BCUT2D eigenvalue weighted by molar-refractivity contribution is 6.19. The zero-order valence-corrected chi connectivity index (χ0v) is 6.74. The predicted octanol–water partition coefficient (Wildman–Crippen LogP) is 2.21. The third-order valence-electron chi connectivity index (χ3n) is 0.965. The van der Waals surface area contributed by atoms with Crippen molar-refractivity contribution in [3.05, 3.63) is 11.6 Å². The van der Waals surface area contributed by atoms with Gasteiger partial charge < -0.3 is 4.74 Å². The number of halogens is 1. The van der Waals surface area contributed by atoms with Crippen molar-refractivity contribution in [1.29, 1.82) is 0 Å². The van der Waals surface area contributed by atoms with Crippen LogP contribution in [0.3, 0.4) is 0 Å². The first-order valence-corrected chi connectivity index (χ1v) is 3.64. The van der Waals surface area contributed by atoms with Crippen LogP contribution < -0.4 is 0 Å². The molecule has 2 heteroatoms. The van der Waals surface area contributed by atoms with Gasteiger partial charge in [0.1, 0.15) is 0 Å². The third-order valence-corrected chi connectivity index (χ3v) is 1.39. The molecular weight excluding hydrogens is 136 g/mol. The van der Waals surface area contributed by atoms with Gasteiger partial charge in [-0.25, -0.2) is 0 Å². The summed E-state index contributed by atoms with van der Waals surface area (Å²) in [6, 6.07) is 0. The summed E-state index contributed by atoms with van der Waals surface area (Å²) >= 11 is 5.51. The minimum absolute atomic E-state index is 0.604. The van der Waals surface area contributed by atoms with Gasteiger partial charge in [0.25, 0.3) is 0 Å². The van der Waals surface area contributed by atoms with Crippen molar-refractivity contribution in [2.24, 2.45) is 0 Å². The summed E-state index contributed by atoms with van der Waals surface area (Å²) < 4.78 is 5.07. The Morgan fingerprint density at radius 3 is 2.78 bits per heavy atom. The zero-order valence-electron chi connectivity index (χ0n) is 5.98. The van der Waals surface area contributed by atoms with Gasteiger partial charge in [0.05, 0.1) is 6.61 Å². The number of hydrogen-bond acceptors (Lipinski definition) is 1. The number of hydrogen-bond donors (Lipinski definition) is 0. The molecule has 0 saturated heterocycles. The SMILES string of the molecule is CCOC/C=C(\C)CCl. The molecule has 0 bridgehead atoms. The van der Waals surface area contributed by atoms with Crippen LogP contribution in [0, 0.1) is 0 Å². The molecule has 9 heavy (non-hydrogen) atoms. The molecule has 0 aliphatic heterocycles. The molecule has 0 aliphatic rings. The Morgan fingerprint density at radius 2 is 2.33 bits per heavy atom. The normalized spacial score (nSPS) is 12.1. The maximum Gasteiger partial charge on any atom is 0.0650 e. The van der Waals surface area contributed by atoms with Crippen LogP contribution in [0.25, 0.3) is 0 Å². The average molecular weight is 149 g/mol. The summed E-state index contributed by atoms with van der Waals surface area (Å²) in [6.07, 6.45) is 2.00. The molecule has 0 unspecified atom stereocenters. The maximum atomic E-state index is 5.51. The first-order chi connectivity index (χ1) is 4.31. The van der Waals surface area contributed by atoms with E-state index in [4.69, 9.17) is 16.3 Å². The van der Waals surface area contributed by atoms with E-state index in [1.54, 1.807) is 0 Å². The molecule has 0 rings (SSSR count). The van der Waals surface area contributed by atoms with Crippen LogP contribution in [0.5, 0.6) is 0 Å². The van der Waals surface area contributed by atoms with Crippen LogP contribution in [-0.2, 0) is 4.74 Å². The lowest BCUT2D eigenvalue weighted by molar-refractivity contribution is 0.177. The molecule has 1 nitrogen and oxygen atoms in total. The summed E-state index contributed by atoms with van der Waals surface area (Å²) in [6.45, 7) is 5.43. The smallest absolute Gasteiger partial charge is 0.0650 e. The Balaban J connectivity index is 3.21. The van der Waals surface area contributed by atoms with E-state index in [0.29, 0.717) is 12.5 Å². The second-order valence-corrected chi connectivity index (χ2v) is 2.11. The maximum absolute atomic E-state index is 5.51. The molecule has 0 aromatic rings. The van der Waals surface area contributed by atoms with E-state index in [0.717, 1.165) is 6.61 Å². The van der Waals surface area contributed by atoms with Crippen molar-refractivity contribution in [1.82, 2.24) is 0 Å². The van der Waals surface area contributed by atoms with Gasteiger partial charge >= 0.3 is 0 Å². The van der Waals surface area contributed by atoms with Crippen molar-refractivity contribution in [3.63, 3.8) is 0 Å². The Kier molecular flexibility index (Phi) is 6.11. The molecular formula is C7H13ClO.